The fourth-order valence-electron chi connectivity index (χ4n) is 2.51. The van der Waals surface area contributed by atoms with Crippen molar-refractivity contribution in [3.63, 3.8) is 0 Å². The van der Waals surface area contributed by atoms with E-state index in [0.29, 0.717) is 29.4 Å². The van der Waals surface area contributed by atoms with E-state index in [1.165, 1.54) is 20.4 Å². The normalized spacial score (nSPS) is 10.5. The number of hydrogen-bond acceptors (Lipinski definition) is 7. The Kier molecular flexibility index (Phi) is 9.67. The lowest BCUT2D eigenvalue weighted by Crippen LogP contribution is -2.39. The van der Waals surface area contributed by atoms with Crippen molar-refractivity contribution in [2.24, 2.45) is 5.10 Å². The molecule has 0 unspecified atom stereocenters. The summed E-state index contributed by atoms with van der Waals surface area (Å²) >= 11 is 0. The Hall–Kier alpha value is -3.92. The minimum absolute atomic E-state index is 0.202. The first-order valence-corrected chi connectivity index (χ1v) is 9.70. The molecule has 0 spiro atoms. The highest BCUT2D eigenvalue weighted by Crippen LogP contribution is 2.27. The molecule has 0 aromatic heterocycles. The number of ether oxygens (including phenoxy) is 3. The molecule has 0 fully saturated rings. The van der Waals surface area contributed by atoms with Crippen molar-refractivity contribution in [2.75, 3.05) is 39.3 Å². The third-order valence-corrected chi connectivity index (χ3v) is 4.03. The van der Waals surface area contributed by atoms with Crippen LogP contribution in [0.25, 0.3) is 0 Å². The number of benzene rings is 2. The number of nitrogens with zero attached hydrogens (tertiary/aromatic N) is 1. The van der Waals surface area contributed by atoms with Gasteiger partial charge in [-0.15, -0.1) is 0 Å². The van der Waals surface area contributed by atoms with E-state index >= 15 is 0 Å². The van der Waals surface area contributed by atoms with Crippen molar-refractivity contribution < 1.29 is 28.6 Å². The smallest absolute Gasteiger partial charge is 0.329 e. The van der Waals surface area contributed by atoms with Crippen LogP contribution in [-0.4, -0.2) is 57.9 Å². The van der Waals surface area contributed by atoms with Crippen LogP contribution in [0.1, 0.15) is 11.1 Å². The quantitative estimate of drug-likeness (QED) is 0.220. The molecule has 2 aromatic carbocycles. The van der Waals surface area contributed by atoms with E-state index in [2.05, 4.69) is 21.2 Å². The minimum Gasteiger partial charge on any atom is -0.493 e. The average Bonchev–Trinajstić information content (AvgIpc) is 2.78. The molecule has 170 valence electrons. The van der Waals surface area contributed by atoms with Crippen LogP contribution >= 0.6 is 0 Å². The molecule has 0 bridgehead atoms. The molecule has 0 heterocycles. The van der Waals surface area contributed by atoms with Crippen LogP contribution in [0.5, 0.6) is 11.5 Å². The second-order valence-electron chi connectivity index (χ2n) is 6.56. The molecule has 0 aliphatic heterocycles. The van der Waals surface area contributed by atoms with Crippen LogP contribution in [0.2, 0.25) is 0 Å². The van der Waals surface area contributed by atoms with E-state index < -0.39 is 11.8 Å². The zero-order valence-electron chi connectivity index (χ0n) is 18.1. The second kappa shape index (κ2) is 12.7. The minimum atomic E-state index is -0.899. The number of carbonyl (C=O) groups excluding carboxylic acids is 3. The molecule has 0 saturated carbocycles. The fraction of sp³-hybridized carbons (Fsp3) is 0.273. The number of hydrazone groups is 1. The summed E-state index contributed by atoms with van der Waals surface area (Å²) in [5, 5.41) is 8.89. The highest BCUT2D eigenvalue weighted by Gasteiger charge is 2.12. The Balaban J connectivity index is 1.88. The van der Waals surface area contributed by atoms with Crippen LogP contribution in [-0.2, 0) is 19.1 Å². The molecule has 0 aliphatic carbocycles. The Morgan fingerprint density at radius 1 is 1.03 bits per heavy atom. The van der Waals surface area contributed by atoms with Gasteiger partial charge in [-0.3, -0.25) is 14.4 Å². The number of aryl methyl sites for hydroxylation is 1. The number of carbonyl (C=O) groups is 3. The van der Waals surface area contributed by atoms with Gasteiger partial charge in [0.1, 0.15) is 0 Å². The first-order chi connectivity index (χ1) is 15.4. The molecule has 0 saturated heterocycles. The standard InChI is InChI=1S/C22H26N4O6/c1-15-5-4-6-17(11-15)25-20(27)14-32-18-8-7-16(12-19(18)31-3)13-24-26-22(29)21(28)23-9-10-30-2/h4-8,11-13H,9-10,14H2,1-3H3,(H,23,28)(H,25,27)(H,26,29)/b24-13-. The van der Waals surface area contributed by atoms with Gasteiger partial charge in [-0.1, -0.05) is 12.1 Å². The first kappa shape index (κ1) is 24.4. The van der Waals surface area contributed by atoms with E-state index in [0.717, 1.165) is 5.56 Å². The van der Waals surface area contributed by atoms with Crippen LogP contribution in [0.15, 0.2) is 47.6 Å². The van der Waals surface area contributed by atoms with Gasteiger partial charge in [0.05, 0.1) is 19.9 Å². The summed E-state index contributed by atoms with van der Waals surface area (Å²) < 4.78 is 15.6. The summed E-state index contributed by atoms with van der Waals surface area (Å²) in [4.78, 5) is 35.3. The third-order valence-electron chi connectivity index (χ3n) is 4.03. The predicted molar refractivity (Wildman–Crippen MR) is 119 cm³/mol. The molecule has 0 aliphatic rings. The third kappa shape index (κ3) is 8.07. The average molecular weight is 442 g/mol. The molecule has 32 heavy (non-hydrogen) atoms. The summed E-state index contributed by atoms with van der Waals surface area (Å²) in [7, 11) is 2.95. The Morgan fingerprint density at radius 2 is 1.84 bits per heavy atom. The summed E-state index contributed by atoms with van der Waals surface area (Å²) in [6, 6.07) is 12.3. The largest absolute Gasteiger partial charge is 0.493 e. The number of amides is 3. The lowest BCUT2D eigenvalue weighted by molar-refractivity contribution is -0.139. The maximum Gasteiger partial charge on any atom is 0.329 e. The Labute approximate surface area is 185 Å². The van der Waals surface area contributed by atoms with Crippen molar-refractivity contribution in [1.29, 1.82) is 0 Å². The summed E-state index contributed by atoms with van der Waals surface area (Å²) in [5.41, 5.74) is 4.43. The molecular formula is C22H26N4O6. The molecule has 3 N–H and O–H groups in total. The predicted octanol–water partition coefficient (Wildman–Crippen LogP) is 1.23. The molecule has 2 aromatic rings. The number of methoxy groups -OCH3 is 2. The molecule has 0 radical (unpaired) electrons. The zero-order valence-corrected chi connectivity index (χ0v) is 18.1. The van der Waals surface area contributed by atoms with Crippen molar-refractivity contribution >= 4 is 29.6 Å². The second-order valence-corrected chi connectivity index (χ2v) is 6.56. The van der Waals surface area contributed by atoms with Crippen LogP contribution < -0.4 is 25.5 Å². The number of rotatable bonds is 10. The van der Waals surface area contributed by atoms with E-state index in [-0.39, 0.29) is 19.1 Å². The van der Waals surface area contributed by atoms with Gasteiger partial charge < -0.3 is 24.8 Å². The van der Waals surface area contributed by atoms with Crippen LogP contribution in [0.3, 0.4) is 0 Å². The maximum absolute atomic E-state index is 12.1. The topological polar surface area (TPSA) is 127 Å². The van der Waals surface area contributed by atoms with Crippen LogP contribution in [0, 0.1) is 6.92 Å². The van der Waals surface area contributed by atoms with Gasteiger partial charge in [0.15, 0.2) is 18.1 Å². The van der Waals surface area contributed by atoms with E-state index in [1.54, 1.807) is 24.3 Å². The van der Waals surface area contributed by atoms with Crippen molar-refractivity contribution in [3.8, 4) is 11.5 Å². The van der Waals surface area contributed by atoms with Crippen molar-refractivity contribution in [1.82, 2.24) is 10.7 Å². The van der Waals surface area contributed by atoms with Crippen LogP contribution in [0.4, 0.5) is 5.69 Å². The SMILES string of the molecule is COCCNC(=O)C(=O)N/N=C\c1ccc(OCC(=O)Nc2cccc(C)c2)c(OC)c1. The number of hydrogen-bond donors (Lipinski definition) is 3. The van der Waals surface area contributed by atoms with Gasteiger partial charge in [0.2, 0.25) is 0 Å². The Morgan fingerprint density at radius 3 is 2.56 bits per heavy atom. The molecule has 3 amide bonds. The number of anilines is 1. The molecule has 0 atom stereocenters. The van der Waals surface area contributed by atoms with Gasteiger partial charge in [0.25, 0.3) is 5.91 Å². The monoisotopic (exact) mass is 442 g/mol. The summed E-state index contributed by atoms with van der Waals surface area (Å²) in [6.45, 7) is 2.25. The van der Waals surface area contributed by atoms with E-state index in [4.69, 9.17) is 14.2 Å². The highest BCUT2D eigenvalue weighted by molar-refractivity contribution is 6.35. The molecule has 10 nitrogen and oxygen atoms in total. The molecular weight excluding hydrogens is 416 g/mol. The molecule has 2 rings (SSSR count). The molecule has 10 heteroatoms. The lowest BCUT2D eigenvalue weighted by Gasteiger charge is -2.11. The van der Waals surface area contributed by atoms with Gasteiger partial charge in [-0.2, -0.15) is 5.10 Å². The number of nitrogens with one attached hydrogen (secondary N) is 3. The highest BCUT2D eigenvalue weighted by atomic mass is 16.5. The maximum atomic E-state index is 12.1. The first-order valence-electron chi connectivity index (χ1n) is 9.70. The lowest BCUT2D eigenvalue weighted by atomic mass is 10.2. The Bertz CT molecular complexity index is 977. The zero-order chi connectivity index (χ0) is 23.3. The van der Waals surface area contributed by atoms with E-state index in [9.17, 15) is 14.4 Å². The van der Waals surface area contributed by atoms with Gasteiger partial charge in [0, 0.05) is 19.3 Å². The summed E-state index contributed by atoms with van der Waals surface area (Å²) in [6.07, 6.45) is 1.34. The van der Waals surface area contributed by atoms with Crippen molar-refractivity contribution in [2.45, 2.75) is 6.92 Å². The van der Waals surface area contributed by atoms with Crippen molar-refractivity contribution in [3.05, 3.63) is 53.6 Å². The summed E-state index contributed by atoms with van der Waals surface area (Å²) in [5.74, 6) is -1.28. The van der Waals surface area contributed by atoms with E-state index in [1.807, 2.05) is 25.1 Å². The van der Waals surface area contributed by atoms with Gasteiger partial charge in [-0.05, 0) is 48.4 Å². The fourth-order valence-corrected chi connectivity index (χ4v) is 2.51. The van der Waals surface area contributed by atoms with Gasteiger partial charge >= 0.3 is 11.8 Å². The van der Waals surface area contributed by atoms with Gasteiger partial charge in [-0.25, -0.2) is 5.43 Å².